The minimum atomic E-state index is -0.257. The normalized spacial score (nSPS) is 21.8. The van der Waals surface area contributed by atoms with Gasteiger partial charge in [-0.2, -0.15) is 0 Å². The molecule has 0 amide bonds. The first kappa shape index (κ1) is 14.2. The predicted octanol–water partition coefficient (Wildman–Crippen LogP) is 2.68. The molecule has 3 heteroatoms. The molecular formula is C14H24O3. The van der Waals surface area contributed by atoms with Crippen LogP contribution in [0.25, 0.3) is 0 Å². The quantitative estimate of drug-likeness (QED) is 0.593. The van der Waals surface area contributed by atoms with Gasteiger partial charge in [-0.1, -0.05) is 34.3 Å². The summed E-state index contributed by atoms with van der Waals surface area (Å²) in [6, 6.07) is 0. The van der Waals surface area contributed by atoms with Crippen LogP contribution in [0.5, 0.6) is 0 Å². The van der Waals surface area contributed by atoms with Gasteiger partial charge in [0.1, 0.15) is 6.10 Å². The number of aliphatic hydroxyl groups is 1. The molecule has 1 rings (SSSR count). The SMILES string of the molecule is C=C1CC(CC(C)(C)CC(C)(C)CO)OC1=O. The molecule has 0 aromatic rings. The van der Waals surface area contributed by atoms with Crippen LogP contribution in [0.3, 0.4) is 0 Å². The van der Waals surface area contributed by atoms with Gasteiger partial charge in [0, 0.05) is 18.6 Å². The average molecular weight is 240 g/mol. The maximum Gasteiger partial charge on any atom is 0.333 e. The molecular weight excluding hydrogens is 216 g/mol. The van der Waals surface area contributed by atoms with E-state index in [1.165, 1.54) is 0 Å². The summed E-state index contributed by atoms with van der Waals surface area (Å²) in [7, 11) is 0. The molecule has 1 aliphatic rings. The first-order valence-corrected chi connectivity index (χ1v) is 6.15. The topological polar surface area (TPSA) is 46.5 Å². The van der Waals surface area contributed by atoms with Gasteiger partial charge in [0.15, 0.2) is 0 Å². The van der Waals surface area contributed by atoms with Crippen LogP contribution in [0, 0.1) is 10.8 Å². The highest BCUT2D eigenvalue weighted by Gasteiger charge is 2.35. The second-order valence-corrected chi connectivity index (χ2v) is 6.70. The van der Waals surface area contributed by atoms with Gasteiger partial charge >= 0.3 is 5.97 Å². The van der Waals surface area contributed by atoms with Crippen molar-refractivity contribution in [3.63, 3.8) is 0 Å². The zero-order chi connectivity index (χ0) is 13.3. The molecule has 1 aliphatic heterocycles. The minimum absolute atomic E-state index is 0.0421. The number of ether oxygens (including phenoxy) is 1. The molecule has 1 heterocycles. The number of carbonyl (C=O) groups excluding carboxylic acids is 1. The molecule has 0 aromatic heterocycles. The lowest BCUT2D eigenvalue weighted by Gasteiger charge is -2.35. The molecule has 1 saturated heterocycles. The van der Waals surface area contributed by atoms with Crippen molar-refractivity contribution in [1.82, 2.24) is 0 Å². The van der Waals surface area contributed by atoms with Crippen molar-refractivity contribution >= 4 is 5.97 Å². The Morgan fingerprint density at radius 2 is 1.94 bits per heavy atom. The third kappa shape index (κ3) is 4.15. The Morgan fingerprint density at radius 1 is 1.35 bits per heavy atom. The van der Waals surface area contributed by atoms with Crippen molar-refractivity contribution in [3.8, 4) is 0 Å². The Balaban J connectivity index is 2.55. The molecule has 98 valence electrons. The molecule has 1 unspecified atom stereocenters. The summed E-state index contributed by atoms with van der Waals surface area (Å²) in [5.41, 5.74) is 0.525. The number of hydrogen-bond donors (Lipinski definition) is 1. The van der Waals surface area contributed by atoms with Gasteiger partial charge in [-0.3, -0.25) is 0 Å². The van der Waals surface area contributed by atoms with Crippen LogP contribution in [-0.4, -0.2) is 23.8 Å². The van der Waals surface area contributed by atoms with Gasteiger partial charge in [-0.15, -0.1) is 0 Å². The lowest BCUT2D eigenvalue weighted by atomic mass is 9.72. The molecule has 17 heavy (non-hydrogen) atoms. The summed E-state index contributed by atoms with van der Waals surface area (Å²) in [5.74, 6) is -0.257. The van der Waals surface area contributed by atoms with E-state index >= 15 is 0 Å². The van der Waals surface area contributed by atoms with E-state index in [0.717, 1.165) is 12.8 Å². The summed E-state index contributed by atoms with van der Waals surface area (Å²) in [4.78, 5) is 11.2. The van der Waals surface area contributed by atoms with Crippen LogP contribution in [-0.2, 0) is 9.53 Å². The van der Waals surface area contributed by atoms with Crippen LogP contribution in [0.15, 0.2) is 12.2 Å². The van der Waals surface area contributed by atoms with Gasteiger partial charge in [-0.05, 0) is 23.7 Å². The fourth-order valence-corrected chi connectivity index (χ4v) is 2.79. The van der Waals surface area contributed by atoms with E-state index in [2.05, 4.69) is 20.4 Å². The maximum atomic E-state index is 11.2. The van der Waals surface area contributed by atoms with Crippen molar-refractivity contribution in [2.75, 3.05) is 6.61 Å². The van der Waals surface area contributed by atoms with E-state index in [9.17, 15) is 9.90 Å². The molecule has 1 atom stereocenters. The van der Waals surface area contributed by atoms with Gasteiger partial charge < -0.3 is 9.84 Å². The Hall–Kier alpha value is -0.830. The monoisotopic (exact) mass is 240 g/mol. The van der Waals surface area contributed by atoms with Crippen molar-refractivity contribution in [1.29, 1.82) is 0 Å². The lowest BCUT2D eigenvalue weighted by Crippen LogP contribution is -2.29. The summed E-state index contributed by atoms with van der Waals surface area (Å²) < 4.78 is 5.26. The van der Waals surface area contributed by atoms with E-state index in [1.807, 2.05) is 13.8 Å². The third-order valence-electron chi connectivity index (χ3n) is 3.20. The lowest BCUT2D eigenvalue weighted by molar-refractivity contribution is -0.139. The van der Waals surface area contributed by atoms with Crippen molar-refractivity contribution < 1.29 is 14.6 Å². The largest absolute Gasteiger partial charge is 0.459 e. The van der Waals surface area contributed by atoms with E-state index in [4.69, 9.17) is 4.74 Å². The third-order valence-corrected chi connectivity index (χ3v) is 3.20. The number of hydrogen-bond acceptors (Lipinski definition) is 3. The molecule has 1 fully saturated rings. The van der Waals surface area contributed by atoms with Crippen LogP contribution in [0.2, 0.25) is 0 Å². The number of rotatable bonds is 5. The van der Waals surface area contributed by atoms with Crippen molar-refractivity contribution in [2.45, 2.75) is 53.1 Å². The van der Waals surface area contributed by atoms with Crippen LogP contribution < -0.4 is 0 Å². The maximum absolute atomic E-state index is 11.2. The van der Waals surface area contributed by atoms with Crippen LogP contribution >= 0.6 is 0 Å². The Labute approximate surface area is 104 Å². The zero-order valence-electron chi connectivity index (χ0n) is 11.4. The molecule has 3 nitrogen and oxygen atoms in total. The molecule has 0 bridgehead atoms. The van der Waals surface area contributed by atoms with E-state index in [-0.39, 0.29) is 29.5 Å². The summed E-state index contributed by atoms with van der Waals surface area (Å²) in [6.45, 7) is 12.3. The summed E-state index contributed by atoms with van der Waals surface area (Å²) in [5, 5.41) is 9.30. The molecule has 0 saturated carbocycles. The Morgan fingerprint density at radius 3 is 2.35 bits per heavy atom. The minimum Gasteiger partial charge on any atom is -0.459 e. The van der Waals surface area contributed by atoms with Crippen LogP contribution in [0.1, 0.15) is 47.0 Å². The second kappa shape index (κ2) is 4.81. The van der Waals surface area contributed by atoms with E-state index in [0.29, 0.717) is 12.0 Å². The highest BCUT2D eigenvalue weighted by molar-refractivity contribution is 5.89. The molecule has 0 radical (unpaired) electrons. The first-order chi connectivity index (χ1) is 7.65. The van der Waals surface area contributed by atoms with Crippen molar-refractivity contribution in [3.05, 3.63) is 12.2 Å². The molecule has 0 aromatic carbocycles. The summed E-state index contributed by atoms with van der Waals surface area (Å²) in [6.07, 6.45) is 2.32. The van der Waals surface area contributed by atoms with Gasteiger partial charge in [0.2, 0.25) is 0 Å². The number of cyclic esters (lactones) is 1. The standard InChI is InChI=1S/C14H24O3/c1-10-6-11(17-12(10)16)7-13(2,3)8-14(4,5)9-15/h11,15H,1,6-9H2,2-5H3. The fourth-order valence-electron chi connectivity index (χ4n) is 2.79. The average Bonchev–Trinajstić information content (AvgIpc) is 2.42. The van der Waals surface area contributed by atoms with Gasteiger partial charge in [-0.25, -0.2) is 4.79 Å². The van der Waals surface area contributed by atoms with Crippen LogP contribution in [0.4, 0.5) is 0 Å². The Bertz CT molecular complexity index is 299. The van der Waals surface area contributed by atoms with Crippen molar-refractivity contribution in [2.24, 2.45) is 10.8 Å². The molecule has 0 aliphatic carbocycles. The first-order valence-electron chi connectivity index (χ1n) is 6.15. The highest BCUT2D eigenvalue weighted by atomic mass is 16.5. The predicted molar refractivity (Wildman–Crippen MR) is 67.5 cm³/mol. The smallest absolute Gasteiger partial charge is 0.333 e. The fraction of sp³-hybridized carbons (Fsp3) is 0.786. The highest BCUT2D eigenvalue weighted by Crippen LogP contribution is 2.39. The van der Waals surface area contributed by atoms with E-state index in [1.54, 1.807) is 0 Å². The molecule has 1 N–H and O–H groups in total. The molecule has 0 spiro atoms. The van der Waals surface area contributed by atoms with E-state index < -0.39 is 0 Å². The Kier molecular flexibility index (Phi) is 4.03. The number of aliphatic hydroxyl groups excluding tert-OH is 1. The van der Waals surface area contributed by atoms with Gasteiger partial charge in [0.25, 0.3) is 0 Å². The van der Waals surface area contributed by atoms with Gasteiger partial charge in [0.05, 0.1) is 0 Å². The number of esters is 1. The summed E-state index contributed by atoms with van der Waals surface area (Å²) >= 11 is 0. The number of carbonyl (C=O) groups is 1. The zero-order valence-corrected chi connectivity index (χ0v) is 11.4. The second-order valence-electron chi connectivity index (χ2n) is 6.70.